The molecule has 1 aromatic rings. The van der Waals surface area contributed by atoms with Gasteiger partial charge in [-0.2, -0.15) is 0 Å². The first-order chi connectivity index (χ1) is 8.28. The Labute approximate surface area is 103 Å². The van der Waals surface area contributed by atoms with Crippen LogP contribution in [0.25, 0.3) is 0 Å². The maximum atomic E-state index is 5.92. The number of hydrogen-bond donors (Lipinski definition) is 1. The van der Waals surface area contributed by atoms with Gasteiger partial charge in [0.1, 0.15) is 18.2 Å². The zero-order valence-electron chi connectivity index (χ0n) is 10.6. The summed E-state index contributed by atoms with van der Waals surface area (Å²) in [5, 5.41) is 3.16. The summed E-state index contributed by atoms with van der Waals surface area (Å²) in [5.74, 6) is 2.29. The molecular formula is C13H21N3O. The Bertz CT molecular complexity index is 356. The molecule has 2 atom stereocenters. The average molecular weight is 235 g/mol. The van der Waals surface area contributed by atoms with E-state index in [1.807, 2.05) is 13.0 Å². The van der Waals surface area contributed by atoms with E-state index in [4.69, 9.17) is 4.74 Å². The number of nitrogens with zero attached hydrogens (tertiary/aromatic N) is 2. The maximum Gasteiger partial charge on any atom is 0.218 e. The van der Waals surface area contributed by atoms with E-state index in [1.54, 1.807) is 6.33 Å². The van der Waals surface area contributed by atoms with E-state index in [2.05, 4.69) is 22.2 Å². The van der Waals surface area contributed by atoms with Gasteiger partial charge in [-0.25, -0.2) is 9.97 Å². The first-order valence-electron chi connectivity index (χ1n) is 6.50. The van der Waals surface area contributed by atoms with Crippen LogP contribution in [0.4, 0.5) is 5.82 Å². The standard InChI is InChI=1S/C13H21N3O/c1-3-14-12-8-13(16-9-15-12)17-11-6-4-5-10(2)7-11/h8-11H,3-7H2,1-2H3,(H,14,15,16). The normalized spacial score (nSPS) is 24.4. The van der Waals surface area contributed by atoms with Gasteiger partial charge in [0.2, 0.25) is 5.88 Å². The first-order valence-corrected chi connectivity index (χ1v) is 6.50. The van der Waals surface area contributed by atoms with Crippen molar-refractivity contribution in [3.05, 3.63) is 12.4 Å². The van der Waals surface area contributed by atoms with Crippen molar-refractivity contribution in [3.8, 4) is 5.88 Å². The summed E-state index contributed by atoms with van der Waals surface area (Å²) in [6, 6.07) is 1.88. The molecule has 1 aliphatic carbocycles. The Morgan fingerprint density at radius 2 is 2.29 bits per heavy atom. The average Bonchev–Trinajstić information content (AvgIpc) is 2.30. The fourth-order valence-electron chi connectivity index (χ4n) is 2.34. The van der Waals surface area contributed by atoms with Gasteiger partial charge in [0, 0.05) is 12.6 Å². The van der Waals surface area contributed by atoms with Crippen LogP contribution in [0.5, 0.6) is 5.88 Å². The molecule has 0 amide bonds. The highest BCUT2D eigenvalue weighted by Gasteiger charge is 2.20. The summed E-state index contributed by atoms with van der Waals surface area (Å²) in [7, 11) is 0. The molecule has 17 heavy (non-hydrogen) atoms. The third kappa shape index (κ3) is 3.58. The van der Waals surface area contributed by atoms with Gasteiger partial charge in [-0.15, -0.1) is 0 Å². The highest BCUT2D eigenvalue weighted by Crippen LogP contribution is 2.26. The summed E-state index contributed by atoms with van der Waals surface area (Å²) in [4.78, 5) is 8.30. The number of ether oxygens (including phenoxy) is 1. The Morgan fingerprint density at radius 3 is 3.06 bits per heavy atom. The Hall–Kier alpha value is -1.32. The molecule has 2 rings (SSSR count). The first kappa shape index (κ1) is 12.1. The number of aromatic nitrogens is 2. The monoisotopic (exact) mass is 235 g/mol. The molecule has 1 saturated carbocycles. The SMILES string of the molecule is CCNc1cc(OC2CCCC(C)C2)ncn1. The summed E-state index contributed by atoms with van der Waals surface area (Å²) >= 11 is 0. The Morgan fingerprint density at radius 1 is 1.41 bits per heavy atom. The molecule has 1 aliphatic rings. The van der Waals surface area contributed by atoms with Crippen molar-refractivity contribution in [3.63, 3.8) is 0 Å². The number of hydrogen-bond acceptors (Lipinski definition) is 4. The van der Waals surface area contributed by atoms with E-state index in [0.29, 0.717) is 12.0 Å². The van der Waals surface area contributed by atoms with Crippen molar-refractivity contribution < 1.29 is 4.74 Å². The van der Waals surface area contributed by atoms with Gasteiger partial charge < -0.3 is 10.1 Å². The van der Waals surface area contributed by atoms with E-state index in [-0.39, 0.29) is 0 Å². The van der Waals surface area contributed by atoms with Crippen LogP contribution in [0, 0.1) is 5.92 Å². The van der Waals surface area contributed by atoms with Crippen molar-refractivity contribution >= 4 is 5.82 Å². The van der Waals surface area contributed by atoms with Crippen LogP contribution in [0.2, 0.25) is 0 Å². The van der Waals surface area contributed by atoms with Gasteiger partial charge >= 0.3 is 0 Å². The Kier molecular flexibility index (Phi) is 4.18. The minimum atomic E-state index is 0.322. The molecule has 2 unspecified atom stereocenters. The smallest absolute Gasteiger partial charge is 0.218 e. The van der Waals surface area contributed by atoms with Crippen molar-refractivity contribution in [2.24, 2.45) is 5.92 Å². The lowest BCUT2D eigenvalue weighted by Crippen LogP contribution is -2.24. The molecule has 4 nitrogen and oxygen atoms in total. The lowest BCUT2D eigenvalue weighted by atomic mass is 9.89. The van der Waals surface area contributed by atoms with E-state index >= 15 is 0 Å². The predicted molar refractivity (Wildman–Crippen MR) is 68.2 cm³/mol. The van der Waals surface area contributed by atoms with Gasteiger partial charge in [0.05, 0.1) is 0 Å². The fraction of sp³-hybridized carbons (Fsp3) is 0.692. The van der Waals surface area contributed by atoms with Crippen molar-refractivity contribution in [1.29, 1.82) is 0 Å². The van der Waals surface area contributed by atoms with Crippen molar-refractivity contribution in [2.45, 2.75) is 45.6 Å². The quantitative estimate of drug-likeness (QED) is 0.871. The minimum Gasteiger partial charge on any atom is -0.474 e. The van der Waals surface area contributed by atoms with Crippen molar-refractivity contribution in [1.82, 2.24) is 9.97 Å². The summed E-state index contributed by atoms with van der Waals surface area (Å²) in [5.41, 5.74) is 0. The van der Waals surface area contributed by atoms with Gasteiger partial charge in [0.25, 0.3) is 0 Å². The topological polar surface area (TPSA) is 47.0 Å². The third-order valence-corrected chi connectivity index (χ3v) is 3.18. The molecule has 0 spiro atoms. The van der Waals surface area contributed by atoms with Crippen LogP contribution in [0.1, 0.15) is 39.5 Å². The number of anilines is 1. The molecule has 0 bridgehead atoms. The fourth-order valence-corrected chi connectivity index (χ4v) is 2.34. The molecule has 0 aliphatic heterocycles. The lowest BCUT2D eigenvalue weighted by molar-refractivity contribution is 0.124. The second kappa shape index (κ2) is 5.84. The van der Waals surface area contributed by atoms with E-state index < -0.39 is 0 Å². The van der Waals surface area contributed by atoms with Crippen molar-refractivity contribution in [2.75, 3.05) is 11.9 Å². The summed E-state index contributed by atoms with van der Waals surface area (Å²) in [6.07, 6.45) is 6.75. The molecule has 1 heterocycles. The second-order valence-electron chi connectivity index (χ2n) is 4.78. The van der Waals surface area contributed by atoms with Gasteiger partial charge in [0.15, 0.2) is 0 Å². The number of rotatable bonds is 4. The molecular weight excluding hydrogens is 214 g/mol. The number of nitrogens with one attached hydrogen (secondary N) is 1. The largest absolute Gasteiger partial charge is 0.474 e. The molecule has 0 aromatic carbocycles. The van der Waals surface area contributed by atoms with Gasteiger partial charge in [-0.1, -0.05) is 13.3 Å². The van der Waals surface area contributed by atoms with E-state index in [9.17, 15) is 0 Å². The minimum absolute atomic E-state index is 0.322. The molecule has 4 heteroatoms. The van der Waals surface area contributed by atoms with Crippen LogP contribution >= 0.6 is 0 Å². The third-order valence-electron chi connectivity index (χ3n) is 3.18. The van der Waals surface area contributed by atoms with E-state index in [1.165, 1.54) is 12.8 Å². The van der Waals surface area contributed by atoms with Crippen LogP contribution in [0.3, 0.4) is 0 Å². The van der Waals surface area contributed by atoms with Gasteiger partial charge in [-0.05, 0) is 32.1 Å². The molecule has 0 saturated heterocycles. The molecule has 1 N–H and O–H groups in total. The molecule has 0 radical (unpaired) electrons. The van der Waals surface area contributed by atoms with Crippen LogP contribution in [-0.4, -0.2) is 22.6 Å². The van der Waals surface area contributed by atoms with Crippen LogP contribution < -0.4 is 10.1 Å². The predicted octanol–water partition coefficient (Wildman–Crippen LogP) is 2.87. The highest BCUT2D eigenvalue weighted by molar-refractivity contribution is 5.36. The van der Waals surface area contributed by atoms with Crippen LogP contribution in [-0.2, 0) is 0 Å². The Balaban J connectivity index is 1.95. The van der Waals surface area contributed by atoms with Crippen LogP contribution in [0.15, 0.2) is 12.4 Å². The van der Waals surface area contributed by atoms with Gasteiger partial charge in [-0.3, -0.25) is 0 Å². The second-order valence-corrected chi connectivity index (χ2v) is 4.78. The highest BCUT2D eigenvalue weighted by atomic mass is 16.5. The summed E-state index contributed by atoms with van der Waals surface area (Å²) in [6.45, 7) is 5.20. The zero-order chi connectivity index (χ0) is 12.1. The maximum absolute atomic E-state index is 5.92. The molecule has 1 aromatic heterocycles. The van der Waals surface area contributed by atoms with E-state index in [0.717, 1.165) is 31.1 Å². The lowest BCUT2D eigenvalue weighted by Gasteiger charge is -2.26. The molecule has 1 fully saturated rings. The molecule has 94 valence electrons. The summed E-state index contributed by atoms with van der Waals surface area (Å²) < 4.78 is 5.92. The zero-order valence-corrected chi connectivity index (χ0v) is 10.6.